The maximum absolute atomic E-state index is 13.2. The van der Waals surface area contributed by atoms with Crippen LogP contribution in [0.1, 0.15) is 32.1 Å². The van der Waals surface area contributed by atoms with Gasteiger partial charge in [0.25, 0.3) is 5.91 Å². The molecule has 0 unspecified atom stereocenters. The molecule has 0 heterocycles. The zero-order chi connectivity index (χ0) is 16.4. The standard InChI is InChI=1S/C15H19F2NO4/c16-11-6-7-13(12(17)9-11)22-10-14(19)18-8-4-2-1-3-5-15(20)21/h6-7,9H,1-5,8,10H2,(H,18,19)(H,20,21). The molecular formula is C15H19F2NO4. The van der Waals surface area contributed by atoms with Crippen LogP contribution in [0.2, 0.25) is 0 Å². The number of carboxylic acid groups (broad SMARTS) is 1. The van der Waals surface area contributed by atoms with Crippen LogP contribution in [0.3, 0.4) is 0 Å². The number of hydrogen-bond acceptors (Lipinski definition) is 3. The lowest BCUT2D eigenvalue weighted by Crippen LogP contribution is -2.29. The van der Waals surface area contributed by atoms with E-state index in [1.165, 1.54) is 0 Å². The highest BCUT2D eigenvalue weighted by Gasteiger charge is 2.07. The summed E-state index contributed by atoms with van der Waals surface area (Å²) in [7, 11) is 0. The van der Waals surface area contributed by atoms with Gasteiger partial charge in [-0.1, -0.05) is 12.8 Å². The zero-order valence-corrected chi connectivity index (χ0v) is 12.1. The molecule has 22 heavy (non-hydrogen) atoms. The number of carbonyl (C=O) groups excluding carboxylic acids is 1. The molecule has 0 fully saturated rings. The Morgan fingerprint density at radius 1 is 1.14 bits per heavy atom. The van der Waals surface area contributed by atoms with Gasteiger partial charge in [0.05, 0.1) is 0 Å². The van der Waals surface area contributed by atoms with E-state index in [4.69, 9.17) is 9.84 Å². The van der Waals surface area contributed by atoms with Crippen LogP contribution >= 0.6 is 0 Å². The monoisotopic (exact) mass is 315 g/mol. The number of nitrogens with one attached hydrogen (secondary N) is 1. The van der Waals surface area contributed by atoms with Gasteiger partial charge >= 0.3 is 5.97 Å². The first-order chi connectivity index (χ1) is 10.5. The van der Waals surface area contributed by atoms with Crippen molar-refractivity contribution < 1.29 is 28.2 Å². The molecule has 7 heteroatoms. The van der Waals surface area contributed by atoms with Crippen LogP contribution in [0.15, 0.2) is 18.2 Å². The molecule has 1 aromatic rings. The number of benzene rings is 1. The van der Waals surface area contributed by atoms with Gasteiger partial charge < -0.3 is 15.2 Å². The summed E-state index contributed by atoms with van der Waals surface area (Å²) in [6.45, 7) is 0.0999. The minimum Gasteiger partial charge on any atom is -0.481 e. The summed E-state index contributed by atoms with van der Waals surface area (Å²) in [5.41, 5.74) is 0. The van der Waals surface area contributed by atoms with E-state index in [-0.39, 0.29) is 18.8 Å². The largest absolute Gasteiger partial charge is 0.481 e. The number of aliphatic carboxylic acids is 1. The number of hydrogen-bond donors (Lipinski definition) is 2. The fraction of sp³-hybridized carbons (Fsp3) is 0.467. The molecule has 0 aliphatic carbocycles. The van der Waals surface area contributed by atoms with Crippen molar-refractivity contribution in [3.05, 3.63) is 29.8 Å². The van der Waals surface area contributed by atoms with Crippen LogP contribution in [-0.2, 0) is 9.59 Å². The molecule has 1 aromatic carbocycles. The number of amides is 1. The molecular weight excluding hydrogens is 296 g/mol. The average molecular weight is 315 g/mol. The van der Waals surface area contributed by atoms with E-state index in [1.54, 1.807) is 0 Å². The van der Waals surface area contributed by atoms with Crippen LogP contribution in [0, 0.1) is 11.6 Å². The highest BCUT2D eigenvalue weighted by atomic mass is 19.1. The third-order valence-electron chi connectivity index (χ3n) is 2.89. The first-order valence-electron chi connectivity index (χ1n) is 7.05. The molecule has 0 saturated heterocycles. The second-order valence-corrected chi connectivity index (χ2v) is 4.77. The van der Waals surface area contributed by atoms with Gasteiger partial charge in [0.15, 0.2) is 18.2 Å². The Hall–Kier alpha value is -2.18. The lowest BCUT2D eigenvalue weighted by Gasteiger charge is -2.08. The molecule has 2 N–H and O–H groups in total. The van der Waals surface area contributed by atoms with Crippen LogP contribution in [0.5, 0.6) is 5.75 Å². The summed E-state index contributed by atoms with van der Waals surface area (Å²) < 4.78 is 30.9. The summed E-state index contributed by atoms with van der Waals surface area (Å²) in [5, 5.41) is 11.1. The Labute approximate surface area is 127 Å². The summed E-state index contributed by atoms with van der Waals surface area (Å²) in [6.07, 6.45) is 3.12. The highest BCUT2D eigenvalue weighted by molar-refractivity contribution is 5.77. The molecule has 5 nitrogen and oxygen atoms in total. The van der Waals surface area contributed by atoms with Crippen molar-refractivity contribution in [1.82, 2.24) is 5.32 Å². The fourth-order valence-corrected chi connectivity index (χ4v) is 1.77. The number of rotatable bonds is 10. The zero-order valence-electron chi connectivity index (χ0n) is 12.1. The van der Waals surface area contributed by atoms with Gasteiger partial charge in [0.1, 0.15) is 5.82 Å². The van der Waals surface area contributed by atoms with E-state index in [0.29, 0.717) is 19.0 Å². The van der Waals surface area contributed by atoms with Gasteiger partial charge in [-0.05, 0) is 25.0 Å². The lowest BCUT2D eigenvalue weighted by molar-refractivity contribution is -0.137. The van der Waals surface area contributed by atoms with Crippen molar-refractivity contribution >= 4 is 11.9 Å². The Balaban J connectivity index is 2.10. The normalized spacial score (nSPS) is 10.3. The van der Waals surface area contributed by atoms with Crippen molar-refractivity contribution in [2.24, 2.45) is 0 Å². The van der Waals surface area contributed by atoms with Crippen LogP contribution in [0.4, 0.5) is 8.78 Å². The molecule has 0 aliphatic heterocycles. The summed E-state index contributed by atoms with van der Waals surface area (Å²) in [6, 6.07) is 2.86. The van der Waals surface area contributed by atoms with Crippen molar-refractivity contribution in [1.29, 1.82) is 0 Å². The van der Waals surface area contributed by atoms with E-state index in [1.807, 2.05) is 0 Å². The fourth-order valence-electron chi connectivity index (χ4n) is 1.77. The smallest absolute Gasteiger partial charge is 0.303 e. The molecule has 0 bridgehead atoms. The quantitative estimate of drug-likeness (QED) is 0.651. The van der Waals surface area contributed by atoms with E-state index in [0.717, 1.165) is 31.4 Å². The summed E-state index contributed by atoms with van der Waals surface area (Å²) >= 11 is 0. The van der Waals surface area contributed by atoms with Gasteiger partial charge in [-0.25, -0.2) is 8.78 Å². The molecule has 0 aliphatic rings. The van der Waals surface area contributed by atoms with Crippen molar-refractivity contribution in [3.63, 3.8) is 0 Å². The van der Waals surface area contributed by atoms with Crippen LogP contribution in [-0.4, -0.2) is 30.1 Å². The third-order valence-corrected chi connectivity index (χ3v) is 2.89. The van der Waals surface area contributed by atoms with Gasteiger partial charge in [0, 0.05) is 19.0 Å². The SMILES string of the molecule is O=C(O)CCCCCCNC(=O)COc1ccc(F)cc1F. The van der Waals surface area contributed by atoms with Crippen molar-refractivity contribution in [2.75, 3.05) is 13.2 Å². The van der Waals surface area contributed by atoms with Gasteiger partial charge in [-0.15, -0.1) is 0 Å². The predicted octanol–water partition coefficient (Wildman–Crippen LogP) is 2.49. The molecule has 122 valence electrons. The number of halogens is 2. The second kappa shape index (κ2) is 9.70. The van der Waals surface area contributed by atoms with Gasteiger partial charge in [-0.2, -0.15) is 0 Å². The second-order valence-electron chi connectivity index (χ2n) is 4.77. The summed E-state index contributed by atoms with van der Waals surface area (Å²) in [5.74, 6) is -2.94. The molecule has 0 saturated carbocycles. The maximum atomic E-state index is 13.2. The molecule has 1 rings (SSSR count). The van der Waals surface area contributed by atoms with Crippen LogP contribution in [0.25, 0.3) is 0 Å². The highest BCUT2D eigenvalue weighted by Crippen LogP contribution is 2.17. The molecule has 1 amide bonds. The maximum Gasteiger partial charge on any atom is 0.303 e. The van der Waals surface area contributed by atoms with E-state index >= 15 is 0 Å². The Kier molecular flexibility index (Phi) is 7.88. The van der Waals surface area contributed by atoms with E-state index in [2.05, 4.69) is 5.32 Å². The number of unbranched alkanes of at least 4 members (excludes halogenated alkanes) is 3. The molecule has 0 radical (unpaired) electrons. The average Bonchev–Trinajstić information content (AvgIpc) is 2.45. The minimum absolute atomic E-state index is 0.156. The number of carbonyl (C=O) groups is 2. The predicted molar refractivity (Wildman–Crippen MR) is 75.6 cm³/mol. The number of ether oxygens (including phenoxy) is 1. The van der Waals surface area contributed by atoms with E-state index in [9.17, 15) is 18.4 Å². The van der Waals surface area contributed by atoms with Crippen molar-refractivity contribution in [2.45, 2.75) is 32.1 Å². The Bertz CT molecular complexity index is 508. The topological polar surface area (TPSA) is 75.6 Å². The minimum atomic E-state index is -0.855. The Morgan fingerprint density at radius 2 is 1.86 bits per heavy atom. The first-order valence-corrected chi connectivity index (χ1v) is 7.05. The summed E-state index contributed by atoms with van der Waals surface area (Å²) in [4.78, 5) is 21.8. The number of carboxylic acids is 1. The lowest BCUT2D eigenvalue weighted by atomic mass is 10.1. The molecule has 0 aromatic heterocycles. The van der Waals surface area contributed by atoms with Gasteiger partial charge in [0.2, 0.25) is 0 Å². The Morgan fingerprint density at radius 3 is 2.55 bits per heavy atom. The van der Waals surface area contributed by atoms with Crippen molar-refractivity contribution in [3.8, 4) is 5.75 Å². The molecule has 0 spiro atoms. The van der Waals surface area contributed by atoms with Gasteiger partial charge in [-0.3, -0.25) is 9.59 Å². The van der Waals surface area contributed by atoms with Crippen LogP contribution < -0.4 is 10.1 Å². The molecule has 0 atom stereocenters. The van der Waals surface area contributed by atoms with E-state index < -0.39 is 23.5 Å². The first kappa shape index (κ1) is 17.9. The third kappa shape index (κ3) is 7.56.